The predicted octanol–water partition coefficient (Wildman–Crippen LogP) is 10.8. The van der Waals surface area contributed by atoms with E-state index in [2.05, 4.69) is 96.3 Å². The number of methoxy groups -OCH3 is 1. The third kappa shape index (κ3) is 24.1. The van der Waals surface area contributed by atoms with E-state index in [0.717, 1.165) is 35.1 Å². The Morgan fingerprint density at radius 1 is 0.690 bits per heavy atom. The molecule has 2 amide bonds. The number of benzene rings is 4. The van der Waals surface area contributed by atoms with Gasteiger partial charge in [0.2, 0.25) is 0 Å². The van der Waals surface area contributed by atoms with Gasteiger partial charge in [-0.3, -0.25) is 14.4 Å². The van der Waals surface area contributed by atoms with Crippen LogP contribution in [-0.4, -0.2) is 78.5 Å². The van der Waals surface area contributed by atoms with Crippen LogP contribution in [0.1, 0.15) is 133 Å². The number of carbonyl (C=O) groups excluding carboxylic acids is 6. The second-order valence-electron chi connectivity index (χ2n) is 16.9. The lowest BCUT2D eigenvalue weighted by Gasteiger charge is -2.33. The highest BCUT2D eigenvalue weighted by Crippen LogP contribution is 2.36. The lowest BCUT2D eigenvalue weighted by Crippen LogP contribution is -2.48. The van der Waals surface area contributed by atoms with E-state index in [1.165, 1.54) is 46.2 Å². The smallest absolute Gasteiger partial charge is 0.408 e. The zero-order chi connectivity index (χ0) is 53.2. The Morgan fingerprint density at radius 3 is 1.56 bits per heavy atom. The molecule has 4 aromatic rings. The van der Waals surface area contributed by atoms with E-state index in [1.807, 2.05) is 92.7 Å². The fourth-order valence-corrected chi connectivity index (χ4v) is 7.16. The van der Waals surface area contributed by atoms with E-state index in [0.29, 0.717) is 17.8 Å². The first-order valence-corrected chi connectivity index (χ1v) is 23.6. The van der Waals surface area contributed by atoms with Gasteiger partial charge < -0.3 is 39.3 Å². The molecule has 16 heteroatoms. The number of carbonyl (C=O) groups is 6. The molecule has 1 unspecified atom stereocenters. The second kappa shape index (κ2) is 34.6. The van der Waals surface area contributed by atoms with Gasteiger partial charge in [-0.25, -0.2) is 20.1 Å². The molecule has 0 fully saturated rings. The summed E-state index contributed by atoms with van der Waals surface area (Å²) in [7, 11) is 1.27. The van der Waals surface area contributed by atoms with E-state index in [9.17, 15) is 28.8 Å². The molecule has 71 heavy (non-hydrogen) atoms. The summed E-state index contributed by atoms with van der Waals surface area (Å²) in [5.41, 5.74) is 4.26. The number of esters is 3. The van der Waals surface area contributed by atoms with Crippen LogP contribution in [0.15, 0.2) is 121 Å². The van der Waals surface area contributed by atoms with Crippen molar-refractivity contribution in [3.05, 3.63) is 155 Å². The number of hydrogen-bond donors (Lipinski definition) is 4. The van der Waals surface area contributed by atoms with Crippen LogP contribution in [0, 0.1) is 0 Å². The van der Waals surface area contributed by atoms with Gasteiger partial charge in [0.1, 0.15) is 19.5 Å². The van der Waals surface area contributed by atoms with Crippen molar-refractivity contribution < 1.29 is 63.3 Å². The minimum Gasteiger partial charge on any atom is -0.469 e. The zero-order valence-electron chi connectivity index (χ0n) is 43.0. The lowest BCUT2D eigenvalue weighted by atomic mass is 9.82. The number of aldehydes is 1. The summed E-state index contributed by atoms with van der Waals surface area (Å²) in [5, 5.41) is 21.4. The first-order valence-electron chi connectivity index (χ1n) is 23.6. The Labute approximate surface area is 419 Å². The van der Waals surface area contributed by atoms with Crippen LogP contribution in [0.3, 0.4) is 0 Å². The lowest BCUT2D eigenvalue weighted by molar-refractivity contribution is -0.465. The van der Waals surface area contributed by atoms with Gasteiger partial charge in [0.15, 0.2) is 0 Å². The van der Waals surface area contributed by atoms with Crippen molar-refractivity contribution in [3.8, 4) is 0 Å². The third-order valence-electron chi connectivity index (χ3n) is 11.2. The molecule has 5 rings (SSSR count). The number of ether oxygens (including phenoxy) is 4. The molecule has 388 valence electrons. The molecule has 0 bridgehead atoms. The average Bonchev–Trinajstić information content (AvgIpc) is 3.84. The highest BCUT2D eigenvalue weighted by Gasteiger charge is 2.38. The Bertz CT molecular complexity index is 2190. The fourth-order valence-electron chi connectivity index (χ4n) is 7.16. The van der Waals surface area contributed by atoms with Gasteiger partial charge in [-0.2, -0.15) is 0 Å². The molecule has 0 aromatic heterocycles. The largest absolute Gasteiger partial charge is 0.469 e. The first-order chi connectivity index (χ1) is 33.9. The summed E-state index contributed by atoms with van der Waals surface area (Å²) >= 11 is 0. The molecule has 0 saturated carbocycles. The first kappa shape index (κ1) is 62.3. The molecule has 0 radical (unpaired) electrons. The van der Waals surface area contributed by atoms with Gasteiger partial charge in [-0.15, -0.1) is 0 Å². The maximum Gasteiger partial charge on any atom is 0.408 e. The van der Waals surface area contributed by atoms with Gasteiger partial charge in [-0.1, -0.05) is 175 Å². The maximum absolute atomic E-state index is 12.6. The number of nitrogens with zero attached hydrogens (tertiary/aromatic N) is 1. The molecule has 1 aliphatic rings. The van der Waals surface area contributed by atoms with E-state index in [-0.39, 0.29) is 38.1 Å². The Hall–Kier alpha value is -6.72. The van der Waals surface area contributed by atoms with Crippen molar-refractivity contribution >= 4 is 36.4 Å². The normalized spacial score (nSPS) is 12.6. The zero-order valence-corrected chi connectivity index (χ0v) is 43.0. The quantitative estimate of drug-likeness (QED) is 0.0147. The van der Waals surface area contributed by atoms with Crippen molar-refractivity contribution in [2.75, 3.05) is 26.7 Å². The van der Waals surface area contributed by atoms with Gasteiger partial charge in [-0.05, 0) is 77.7 Å². The molecular weight excluding hydrogens is 911 g/mol. The van der Waals surface area contributed by atoms with Crippen LogP contribution in [0.5, 0.6) is 0 Å². The van der Waals surface area contributed by atoms with Crippen LogP contribution in [0.2, 0.25) is 0 Å². The molecule has 0 spiro atoms. The van der Waals surface area contributed by atoms with E-state index in [4.69, 9.17) is 24.7 Å². The molecule has 1 aliphatic carbocycles. The molecule has 0 heterocycles. The third-order valence-corrected chi connectivity index (χ3v) is 11.2. The van der Waals surface area contributed by atoms with E-state index in [1.54, 1.807) is 6.07 Å². The van der Waals surface area contributed by atoms with Gasteiger partial charge in [0, 0.05) is 20.3 Å². The summed E-state index contributed by atoms with van der Waals surface area (Å²) in [4.78, 5) is 70.6. The molecule has 0 saturated heterocycles. The van der Waals surface area contributed by atoms with Crippen LogP contribution in [0.4, 0.5) is 9.59 Å². The minimum atomic E-state index is -1.26. The van der Waals surface area contributed by atoms with Crippen molar-refractivity contribution in [1.82, 2.24) is 15.5 Å². The molecular formula is C55H75N3O13. The number of amides is 2. The van der Waals surface area contributed by atoms with Crippen molar-refractivity contribution in [2.45, 2.75) is 124 Å². The van der Waals surface area contributed by atoms with Crippen molar-refractivity contribution in [3.63, 3.8) is 0 Å². The molecule has 4 N–H and O–H groups in total. The summed E-state index contributed by atoms with van der Waals surface area (Å²) in [6.45, 7) is 21.3. The van der Waals surface area contributed by atoms with Gasteiger partial charge in [0.25, 0.3) is 0 Å². The maximum atomic E-state index is 12.6. The van der Waals surface area contributed by atoms with Crippen molar-refractivity contribution in [1.29, 1.82) is 0 Å². The number of alkyl carbamates (subject to hydrolysis) is 2. The van der Waals surface area contributed by atoms with Crippen molar-refractivity contribution in [2.24, 2.45) is 0 Å². The SMILES string of the molecule is CC(=O)OC(C)=O.CC(C)c1cccc(C2(NC(=O)OCc3ccccc3)CC=CC2)c1.CCN(CC)CC.COC(=O)CC(CC=O)(NC(=O)OCc1ccccc1)c1cccc(C(C)C)c1.OOO. The second-order valence-corrected chi connectivity index (χ2v) is 16.9. The minimum absolute atomic E-state index is 0.0775. The van der Waals surface area contributed by atoms with Crippen LogP contribution in [-0.2, 0) is 67.5 Å². The average molecular weight is 986 g/mol. The summed E-state index contributed by atoms with van der Waals surface area (Å²) in [5.74, 6) is -0.964. The van der Waals surface area contributed by atoms with E-state index < -0.39 is 35.1 Å². The summed E-state index contributed by atoms with van der Waals surface area (Å²) < 4.78 is 19.6. The van der Waals surface area contributed by atoms with Crippen LogP contribution >= 0.6 is 0 Å². The highest BCUT2D eigenvalue weighted by atomic mass is 17.4. The Morgan fingerprint density at radius 2 is 1.15 bits per heavy atom. The number of rotatable bonds is 17. The fraction of sp³-hybridized carbons (Fsp3) is 0.418. The standard InChI is InChI=1S/C23H27NO5.C22H25NO2.C6H15N.C4H6O3.H2O3/c1-17(2)19-10-7-11-20(14-19)23(12-13-25,15-21(26)28-3)24-22(27)29-16-18-8-5-4-6-9-18;1-17(2)19-11-8-12-20(15-19)22(13-6-7-14-22)23-21(24)25-16-18-9-4-3-5-10-18;1-4-7(5-2)6-3;1-3(5)7-4(2)6;1-3-2/h4-11,13-14,17H,12,15-16H2,1-3H3,(H,24,27);3-12,15,17H,13-14,16H2,1-2H3,(H,23,24);4-6H2,1-3H3;1-2H3;1-2H. The Balaban J connectivity index is 0.000000539. The van der Waals surface area contributed by atoms with Gasteiger partial charge in [0.05, 0.1) is 24.6 Å². The van der Waals surface area contributed by atoms with Crippen LogP contribution in [0.25, 0.3) is 0 Å². The molecule has 0 aliphatic heterocycles. The van der Waals surface area contributed by atoms with E-state index >= 15 is 0 Å². The number of hydrogen-bond acceptors (Lipinski definition) is 14. The predicted molar refractivity (Wildman–Crippen MR) is 272 cm³/mol. The highest BCUT2D eigenvalue weighted by molar-refractivity contribution is 5.82. The molecule has 16 nitrogen and oxygen atoms in total. The Kier molecular flexibility index (Phi) is 30.3. The van der Waals surface area contributed by atoms with Crippen LogP contribution < -0.4 is 10.6 Å². The summed E-state index contributed by atoms with van der Waals surface area (Å²) in [6.07, 6.45) is 5.14. The summed E-state index contributed by atoms with van der Waals surface area (Å²) in [6, 6.07) is 35.0. The monoisotopic (exact) mass is 986 g/mol. The van der Waals surface area contributed by atoms with Gasteiger partial charge >= 0.3 is 30.1 Å². The number of nitrogens with one attached hydrogen (secondary N) is 2. The molecule has 4 aromatic carbocycles. The molecule has 1 atom stereocenters. The topological polar surface area (TPSA) is 216 Å².